The van der Waals surface area contributed by atoms with Gasteiger partial charge in [0.2, 0.25) is 0 Å². The number of rotatable bonds is 3. The molecule has 0 aliphatic heterocycles. The van der Waals surface area contributed by atoms with Crippen LogP contribution in [0.2, 0.25) is 0 Å². The number of aromatic amines is 1. The minimum absolute atomic E-state index is 0.130. The van der Waals surface area contributed by atoms with Crippen LogP contribution in [-0.4, -0.2) is 9.97 Å². The van der Waals surface area contributed by atoms with E-state index in [-0.39, 0.29) is 11.6 Å². The molecule has 2 aromatic heterocycles. The van der Waals surface area contributed by atoms with Gasteiger partial charge in [0.1, 0.15) is 5.82 Å². The Hall–Kier alpha value is -1.46. The SMILES string of the molecule is NC(c1nc(-c2cccs2)cc(=O)[nH]1)C1CC1. The molecular weight excluding hydrogens is 234 g/mol. The average Bonchev–Trinajstić information content (AvgIpc) is 3.02. The minimum atomic E-state index is -0.136. The molecule has 88 valence electrons. The Kier molecular flexibility index (Phi) is 2.57. The molecule has 2 heterocycles. The normalized spacial score (nSPS) is 17.0. The van der Waals surface area contributed by atoms with E-state index in [1.807, 2.05) is 17.5 Å². The first-order valence-corrected chi connectivity index (χ1v) is 6.53. The summed E-state index contributed by atoms with van der Waals surface area (Å²) in [5.41, 5.74) is 6.65. The van der Waals surface area contributed by atoms with Crippen LogP contribution in [0, 0.1) is 5.92 Å². The van der Waals surface area contributed by atoms with E-state index >= 15 is 0 Å². The van der Waals surface area contributed by atoms with Gasteiger partial charge in [0.15, 0.2) is 0 Å². The molecule has 1 saturated carbocycles. The Morgan fingerprint density at radius 2 is 2.35 bits per heavy atom. The Labute approximate surface area is 103 Å². The van der Waals surface area contributed by atoms with Crippen LogP contribution in [0.1, 0.15) is 24.7 Å². The van der Waals surface area contributed by atoms with Crippen molar-refractivity contribution in [1.82, 2.24) is 9.97 Å². The molecular formula is C12H13N3OS. The summed E-state index contributed by atoms with van der Waals surface area (Å²) >= 11 is 1.57. The largest absolute Gasteiger partial charge is 0.321 e. The van der Waals surface area contributed by atoms with E-state index in [1.165, 1.54) is 6.07 Å². The van der Waals surface area contributed by atoms with Crippen molar-refractivity contribution < 1.29 is 0 Å². The second-order valence-electron chi connectivity index (χ2n) is 4.36. The predicted molar refractivity (Wildman–Crippen MR) is 67.8 cm³/mol. The van der Waals surface area contributed by atoms with Crippen LogP contribution in [-0.2, 0) is 0 Å². The molecule has 0 radical (unpaired) electrons. The number of H-pyrrole nitrogens is 1. The van der Waals surface area contributed by atoms with Gasteiger partial charge in [0.05, 0.1) is 16.6 Å². The Morgan fingerprint density at radius 3 is 3.00 bits per heavy atom. The molecule has 3 rings (SSSR count). The molecule has 1 atom stereocenters. The summed E-state index contributed by atoms with van der Waals surface area (Å²) in [7, 11) is 0. The molecule has 1 aliphatic carbocycles. The third-order valence-electron chi connectivity index (χ3n) is 2.98. The molecule has 1 unspecified atom stereocenters. The first-order valence-electron chi connectivity index (χ1n) is 5.65. The van der Waals surface area contributed by atoms with E-state index in [4.69, 9.17) is 5.73 Å². The number of hydrogen-bond donors (Lipinski definition) is 2. The number of thiophene rings is 1. The number of aromatic nitrogens is 2. The summed E-state index contributed by atoms with van der Waals surface area (Å²) in [6.07, 6.45) is 2.27. The van der Waals surface area contributed by atoms with Gasteiger partial charge in [0, 0.05) is 6.07 Å². The van der Waals surface area contributed by atoms with Gasteiger partial charge in [-0.2, -0.15) is 0 Å². The lowest BCUT2D eigenvalue weighted by molar-refractivity contribution is 0.591. The number of hydrogen-bond acceptors (Lipinski definition) is 4. The zero-order valence-corrected chi connectivity index (χ0v) is 10.0. The van der Waals surface area contributed by atoms with Crippen molar-refractivity contribution >= 4 is 11.3 Å². The van der Waals surface area contributed by atoms with E-state index in [0.29, 0.717) is 11.7 Å². The fourth-order valence-corrected chi connectivity index (χ4v) is 2.55. The van der Waals surface area contributed by atoms with E-state index < -0.39 is 0 Å². The van der Waals surface area contributed by atoms with Crippen molar-refractivity contribution in [1.29, 1.82) is 0 Å². The molecule has 17 heavy (non-hydrogen) atoms. The quantitative estimate of drug-likeness (QED) is 0.870. The highest BCUT2D eigenvalue weighted by Gasteiger charge is 2.31. The molecule has 1 aliphatic rings. The summed E-state index contributed by atoms with van der Waals surface area (Å²) in [6, 6.07) is 5.29. The highest BCUT2D eigenvalue weighted by Crippen LogP contribution is 2.38. The minimum Gasteiger partial charge on any atom is -0.321 e. The topological polar surface area (TPSA) is 71.8 Å². The molecule has 1 fully saturated rings. The fraction of sp³-hybridized carbons (Fsp3) is 0.333. The van der Waals surface area contributed by atoms with Gasteiger partial charge in [-0.25, -0.2) is 4.98 Å². The number of nitrogens with zero attached hydrogens (tertiary/aromatic N) is 1. The zero-order valence-electron chi connectivity index (χ0n) is 9.22. The van der Waals surface area contributed by atoms with Crippen LogP contribution >= 0.6 is 11.3 Å². The second-order valence-corrected chi connectivity index (χ2v) is 5.30. The smallest absolute Gasteiger partial charge is 0.251 e. The first kappa shape index (κ1) is 10.7. The molecule has 0 bridgehead atoms. The van der Waals surface area contributed by atoms with Gasteiger partial charge in [-0.3, -0.25) is 4.79 Å². The van der Waals surface area contributed by atoms with Crippen molar-refractivity contribution in [2.45, 2.75) is 18.9 Å². The Morgan fingerprint density at radius 1 is 1.53 bits per heavy atom. The lowest BCUT2D eigenvalue weighted by Crippen LogP contribution is -2.21. The van der Waals surface area contributed by atoms with Gasteiger partial charge in [-0.05, 0) is 30.2 Å². The van der Waals surface area contributed by atoms with Crippen molar-refractivity contribution in [3.8, 4) is 10.6 Å². The average molecular weight is 247 g/mol. The van der Waals surface area contributed by atoms with Gasteiger partial charge in [-0.15, -0.1) is 11.3 Å². The summed E-state index contributed by atoms with van der Waals surface area (Å²) in [4.78, 5) is 19.8. The van der Waals surface area contributed by atoms with Crippen LogP contribution in [0.4, 0.5) is 0 Å². The highest BCUT2D eigenvalue weighted by atomic mass is 32.1. The summed E-state index contributed by atoms with van der Waals surface area (Å²) in [6.45, 7) is 0. The maximum Gasteiger partial charge on any atom is 0.251 e. The first-order chi connectivity index (χ1) is 8.24. The molecule has 4 nitrogen and oxygen atoms in total. The van der Waals surface area contributed by atoms with Gasteiger partial charge in [0.25, 0.3) is 5.56 Å². The number of nitrogens with one attached hydrogen (secondary N) is 1. The van der Waals surface area contributed by atoms with Crippen molar-refractivity contribution in [3.63, 3.8) is 0 Å². The van der Waals surface area contributed by atoms with Crippen LogP contribution in [0.5, 0.6) is 0 Å². The summed E-state index contributed by atoms with van der Waals surface area (Å²) < 4.78 is 0. The molecule has 0 saturated heterocycles. The maximum absolute atomic E-state index is 11.6. The predicted octanol–water partition coefficient (Wildman–Crippen LogP) is 1.91. The van der Waals surface area contributed by atoms with Crippen molar-refractivity contribution in [2.24, 2.45) is 11.7 Å². The monoisotopic (exact) mass is 247 g/mol. The lowest BCUT2D eigenvalue weighted by Gasteiger charge is -2.09. The Balaban J connectivity index is 2.03. The van der Waals surface area contributed by atoms with Crippen LogP contribution < -0.4 is 11.3 Å². The van der Waals surface area contributed by atoms with E-state index in [1.54, 1.807) is 11.3 Å². The van der Waals surface area contributed by atoms with Crippen LogP contribution in [0.25, 0.3) is 10.6 Å². The fourth-order valence-electron chi connectivity index (χ4n) is 1.86. The third kappa shape index (κ3) is 2.16. The lowest BCUT2D eigenvalue weighted by atomic mass is 10.2. The van der Waals surface area contributed by atoms with Crippen LogP contribution in [0.15, 0.2) is 28.4 Å². The highest BCUT2D eigenvalue weighted by molar-refractivity contribution is 7.13. The van der Waals surface area contributed by atoms with Crippen molar-refractivity contribution in [3.05, 3.63) is 39.8 Å². The standard InChI is InChI=1S/C12H13N3OS/c13-11(7-3-4-7)12-14-8(6-10(16)15-12)9-2-1-5-17-9/h1-2,5-7,11H,3-4,13H2,(H,14,15,16). The van der Waals surface area contributed by atoms with Crippen molar-refractivity contribution in [2.75, 3.05) is 0 Å². The molecule has 0 amide bonds. The van der Waals surface area contributed by atoms with Gasteiger partial charge in [-0.1, -0.05) is 6.07 Å². The number of nitrogens with two attached hydrogens (primary N) is 1. The van der Waals surface area contributed by atoms with E-state index in [9.17, 15) is 4.79 Å². The molecule has 5 heteroatoms. The zero-order chi connectivity index (χ0) is 11.8. The maximum atomic E-state index is 11.6. The summed E-state index contributed by atoms with van der Waals surface area (Å²) in [5.74, 6) is 1.10. The Bertz CT molecular complexity index is 572. The molecule has 3 N–H and O–H groups in total. The third-order valence-corrected chi connectivity index (χ3v) is 3.87. The van der Waals surface area contributed by atoms with Gasteiger partial charge >= 0.3 is 0 Å². The van der Waals surface area contributed by atoms with Gasteiger partial charge < -0.3 is 10.7 Å². The second kappa shape index (κ2) is 4.09. The van der Waals surface area contributed by atoms with E-state index in [0.717, 1.165) is 23.4 Å². The molecule has 0 aromatic carbocycles. The van der Waals surface area contributed by atoms with E-state index in [2.05, 4.69) is 9.97 Å². The summed E-state index contributed by atoms with van der Waals surface area (Å²) in [5, 5.41) is 1.97. The van der Waals surface area contributed by atoms with Crippen LogP contribution in [0.3, 0.4) is 0 Å². The molecule has 0 spiro atoms. The molecule has 2 aromatic rings.